The molecule has 4 rings (SSSR count). The Kier molecular flexibility index (Phi) is 3.02. The van der Waals surface area contributed by atoms with Crippen LogP contribution >= 0.6 is 0 Å². The molecule has 1 nitrogen and oxygen atoms in total. The summed E-state index contributed by atoms with van der Waals surface area (Å²) in [5.41, 5.74) is 4.03. The summed E-state index contributed by atoms with van der Waals surface area (Å²) in [5.74, 6) is 0.426. The van der Waals surface area contributed by atoms with Gasteiger partial charge >= 0.3 is 0 Å². The monoisotopic (exact) mass is 301 g/mol. The van der Waals surface area contributed by atoms with Gasteiger partial charge in [0.2, 0.25) is 0 Å². The van der Waals surface area contributed by atoms with Gasteiger partial charge in [0.25, 0.3) is 0 Å². The van der Waals surface area contributed by atoms with E-state index in [0.29, 0.717) is 5.92 Å². The van der Waals surface area contributed by atoms with Crippen LogP contribution in [0, 0.1) is 5.92 Å². The number of allylic oxidation sites excluding steroid dienone is 2. The number of anilines is 2. The maximum absolute atomic E-state index is 2.51. The van der Waals surface area contributed by atoms with Crippen LogP contribution in [0.1, 0.15) is 26.3 Å². The van der Waals surface area contributed by atoms with E-state index in [4.69, 9.17) is 0 Å². The van der Waals surface area contributed by atoms with Crippen molar-refractivity contribution in [3.8, 4) is 0 Å². The van der Waals surface area contributed by atoms with E-state index in [1.807, 2.05) is 0 Å². The van der Waals surface area contributed by atoms with Gasteiger partial charge in [0.1, 0.15) is 0 Å². The number of rotatable bonds is 1. The first kappa shape index (κ1) is 14.3. The molecule has 2 aliphatic rings. The first-order valence-corrected chi connectivity index (χ1v) is 8.36. The minimum atomic E-state index is -0.0616. The smallest absolute Gasteiger partial charge is 0.0679 e. The van der Waals surface area contributed by atoms with Crippen molar-refractivity contribution in [3.63, 3.8) is 0 Å². The molecule has 116 valence electrons. The molecule has 2 atom stereocenters. The minimum Gasteiger partial charge on any atom is -0.331 e. The molecule has 2 aromatic carbocycles. The molecule has 0 saturated heterocycles. The second-order valence-electron chi connectivity index (χ2n) is 7.36. The van der Waals surface area contributed by atoms with Gasteiger partial charge in [0, 0.05) is 22.7 Å². The molecule has 1 heterocycles. The highest BCUT2D eigenvalue weighted by Gasteiger charge is 2.51. The van der Waals surface area contributed by atoms with E-state index in [1.165, 1.54) is 16.9 Å². The zero-order valence-electron chi connectivity index (χ0n) is 14.0. The average Bonchev–Trinajstić information content (AvgIpc) is 2.56. The molecule has 0 aromatic heterocycles. The van der Waals surface area contributed by atoms with Gasteiger partial charge < -0.3 is 4.90 Å². The Bertz CT molecular complexity index is 785. The van der Waals surface area contributed by atoms with Crippen LogP contribution < -0.4 is 4.90 Å². The summed E-state index contributed by atoms with van der Waals surface area (Å²) in [6.45, 7) is 7.11. The molecule has 23 heavy (non-hydrogen) atoms. The zero-order chi connectivity index (χ0) is 16.1. The lowest BCUT2D eigenvalue weighted by Crippen LogP contribution is -2.58. The third-order valence-electron chi connectivity index (χ3n) is 5.59. The van der Waals surface area contributed by atoms with E-state index in [9.17, 15) is 0 Å². The third-order valence-corrected chi connectivity index (χ3v) is 5.59. The molecule has 1 heteroatoms. The Morgan fingerprint density at radius 1 is 0.826 bits per heavy atom. The van der Waals surface area contributed by atoms with Gasteiger partial charge in [0.05, 0.1) is 5.54 Å². The fraction of sp³-hybridized carbons (Fsp3) is 0.273. The number of fused-ring (bicyclic) bond motifs is 2. The average molecular weight is 301 g/mol. The van der Waals surface area contributed by atoms with Crippen LogP contribution in [0.4, 0.5) is 11.4 Å². The second kappa shape index (κ2) is 4.86. The number of benzene rings is 2. The van der Waals surface area contributed by atoms with Crippen molar-refractivity contribution in [1.29, 1.82) is 0 Å². The fourth-order valence-electron chi connectivity index (χ4n) is 4.54. The number of para-hydroxylation sites is 2. The van der Waals surface area contributed by atoms with Gasteiger partial charge in [0.15, 0.2) is 0 Å². The van der Waals surface area contributed by atoms with Crippen molar-refractivity contribution in [2.45, 2.75) is 31.7 Å². The highest BCUT2D eigenvalue weighted by molar-refractivity contribution is 5.74. The highest BCUT2D eigenvalue weighted by Crippen LogP contribution is 2.55. The van der Waals surface area contributed by atoms with Crippen molar-refractivity contribution in [3.05, 3.63) is 84.5 Å². The van der Waals surface area contributed by atoms with E-state index in [1.54, 1.807) is 0 Å². The molecule has 0 amide bonds. The summed E-state index contributed by atoms with van der Waals surface area (Å²) in [6.07, 6.45) is 9.13. The molecular weight excluding hydrogens is 278 g/mol. The van der Waals surface area contributed by atoms with Crippen LogP contribution in [0.2, 0.25) is 0 Å². The maximum atomic E-state index is 2.51. The number of hydrogen-bond acceptors (Lipinski definition) is 1. The Labute approximate surface area is 139 Å². The molecule has 2 unspecified atom stereocenters. The van der Waals surface area contributed by atoms with E-state index in [-0.39, 0.29) is 11.0 Å². The highest BCUT2D eigenvalue weighted by atomic mass is 15.2. The van der Waals surface area contributed by atoms with Gasteiger partial charge in [-0.15, -0.1) is 0 Å². The van der Waals surface area contributed by atoms with Crippen molar-refractivity contribution >= 4 is 11.4 Å². The summed E-state index contributed by atoms with van der Waals surface area (Å²) in [5, 5.41) is 0. The van der Waals surface area contributed by atoms with Crippen LogP contribution in [0.15, 0.2) is 78.9 Å². The molecule has 2 aromatic rings. The molecule has 0 radical (unpaired) electrons. The molecule has 0 fully saturated rings. The van der Waals surface area contributed by atoms with Crippen LogP contribution in [0.5, 0.6) is 0 Å². The lowest BCUT2D eigenvalue weighted by atomic mass is 9.60. The minimum absolute atomic E-state index is 0.0616. The van der Waals surface area contributed by atoms with Crippen LogP contribution in [0.25, 0.3) is 0 Å². The summed E-state index contributed by atoms with van der Waals surface area (Å²) in [7, 11) is 0. The largest absolute Gasteiger partial charge is 0.331 e. The molecule has 1 aliphatic carbocycles. The fourth-order valence-corrected chi connectivity index (χ4v) is 4.54. The molecule has 0 spiro atoms. The quantitative estimate of drug-likeness (QED) is 0.661. The Morgan fingerprint density at radius 2 is 1.52 bits per heavy atom. The first-order chi connectivity index (χ1) is 11.0. The predicted octanol–water partition coefficient (Wildman–Crippen LogP) is 5.62. The predicted molar refractivity (Wildman–Crippen MR) is 98.2 cm³/mol. The van der Waals surface area contributed by atoms with Gasteiger partial charge in [-0.1, -0.05) is 74.5 Å². The molecule has 0 bridgehead atoms. The Hall–Kier alpha value is -2.28. The van der Waals surface area contributed by atoms with Crippen molar-refractivity contribution in [1.82, 2.24) is 0 Å². The van der Waals surface area contributed by atoms with Gasteiger partial charge in [-0.05, 0) is 30.7 Å². The summed E-state index contributed by atoms with van der Waals surface area (Å²) in [4.78, 5) is 2.51. The maximum Gasteiger partial charge on any atom is 0.0679 e. The van der Waals surface area contributed by atoms with E-state index in [2.05, 4.69) is 105 Å². The summed E-state index contributed by atoms with van der Waals surface area (Å²) in [6, 6.07) is 19.6. The number of hydrogen-bond donors (Lipinski definition) is 0. The Balaban J connectivity index is 2.03. The lowest BCUT2D eigenvalue weighted by molar-refractivity contribution is 0.260. The SMILES string of the molecule is CC1(C)c2ccccc2N(c2ccccc2)C2(C)C=CC=CC12. The van der Waals surface area contributed by atoms with E-state index in [0.717, 1.165) is 0 Å². The van der Waals surface area contributed by atoms with Crippen LogP contribution in [-0.4, -0.2) is 5.54 Å². The van der Waals surface area contributed by atoms with E-state index >= 15 is 0 Å². The summed E-state index contributed by atoms with van der Waals surface area (Å²) >= 11 is 0. The van der Waals surface area contributed by atoms with Crippen molar-refractivity contribution < 1.29 is 0 Å². The molecule has 0 N–H and O–H groups in total. The number of nitrogens with zero attached hydrogens (tertiary/aromatic N) is 1. The molecule has 0 saturated carbocycles. The standard InChI is InChI=1S/C22H23N/c1-21(2)18-13-7-8-14-19(18)23(17-11-5-4-6-12-17)22(3)16-10-9-15-20(21)22/h4-16,20H,1-3H3. The molecular formula is C22H23N. The van der Waals surface area contributed by atoms with Crippen LogP contribution in [-0.2, 0) is 5.41 Å². The topological polar surface area (TPSA) is 3.24 Å². The van der Waals surface area contributed by atoms with E-state index < -0.39 is 0 Å². The van der Waals surface area contributed by atoms with Gasteiger partial charge in [-0.3, -0.25) is 0 Å². The van der Waals surface area contributed by atoms with Gasteiger partial charge in [-0.25, -0.2) is 0 Å². The van der Waals surface area contributed by atoms with Crippen molar-refractivity contribution in [2.24, 2.45) is 5.92 Å². The first-order valence-electron chi connectivity index (χ1n) is 8.36. The lowest BCUT2D eigenvalue weighted by Gasteiger charge is -2.57. The molecule has 1 aliphatic heterocycles. The second-order valence-corrected chi connectivity index (χ2v) is 7.36. The Morgan fingerprint density at radius 3 is 2.30 bits per heavy atom. The van der Waals surface area contributed by atoms with Gasteiger partial charge in [-0.2, -0.15) is 0 Å². The van der Waals surface area contributed by atoms with Crippen molar-refractivity contribution in [2.75, 3.05) is 4.90 Å². The summed E-state index contributed by atoms with van der Waals surface area (Å²) < 4.78 is 0. The zero-order valence-corrected chi connectivity index (χ0v) is 14.0. The third kappa shape index (κ3) is 1.92. The van der Waals surface area contributed by atoms with Crippen LogP contribution in [0.3, 0.4) is 0 Å². The normalized spacial score (nSPS) is 27.4.